The molecule has 21 heavy (non-hydrogen) atoms. The highest BCUT2D eigenvalue weighted by molar-refractivity contribution is 8.00. The first-order chi connectivity index (χ1) is 9.99. The van der Waals surface area contributed by atoms with Crippen molar-refractivity contribution in [1.82, 2.24) is 4.90 Å². The number of carbonyl (C=O) groups excluding carboxylic acids is 1. The van der Waals surface area contributed by atoms with Crippen molar-refractivity contribution in [1.29, 1.82) is 0 Å². The lowest BCUT2D eigenvalue weighted by Crippen LogP contribution is -2.45. The van der Waals surface area contributed by atoms with E-state index in [1.807, 2.05) is 6.92 Å². The number of hydrogen-bond donors (Lipinski definition) is 1. The number of carboxylic acids is 1. The minimum atomic E-state index is -0.986. The smallest absolute Gasteiger partial charge is 0.327 e. The number of halogens is 1. The van der Waals surface area contributed by atoms with Crippen molar-refractivity contribution in [3.8, 4) is 5.75 Å². The van der Waals surface area contributed by atoms with Gasteiger partial charge in [0.2, 0.25) is 0 Å². The van der Waals surface area contributed by atoms with Crippen LogP contribution in [0.25, 0.3) is 0 Å². The predicted molar refractivity (Wildman–Crippen MR) is 82.1 cm³/mol. The fourth-order valence-corrected chi connectivity index (χ4v) is 3.83. The van der Waals surface area contributed by atoms with Gasteiger partial charge in [-0.05, 0) is 24.6 Å². The van der Waals surface area contributed by atoms with Gasteiger partial charge in [-0.15, -0.1) is 11.8 Å². The summed E-state index contributed by atoms with van der Waals surface area (Å²) in [4.78, 5) is 25.5. The molecule has 114 valence electrons. The maximum atomic E-state index is 12.7. The van der Waals surface area contributed by atoms with Crippen LogP contribution in [0, 0.1) is 0 Å². The van der Waals surface area contributed by atoms with Gasteiger partial charge in [0.1, 0.15) is 11.8 Å². The van der Waals surface area contributed by atoms with Gasteiger partial charge in [-0.1, -0.05) is 18.5 Å². The van der Waals surface area contributed by atoms with Crippen molar-refractivity contribution in [3.63, 3.8) is 0 Å². The first-order valence-corrected chi connectivity index (χ1v) is 7.92. The van der Waals surface area contributed by atoms with Crippen molar-refractivity contribution in [2.24, 2.45) is 0 Å². The topological polar surface area (TPSA) is 66.8 Å². The third-order valence-electron chi connectivity index (χ3n) is 3.36. The van der Waals surface area contributed by atoms with Gasteiger partial charge in [0.15, 0.2) is 0 Å². The summed E-state index contributed by atoms with van der Waals surface area (Å²) in [5.74, 6) is -0.578. The summed E-state index contributed by atoms with van der Waals surface area (Å²) in [5, 5.41) is 9.62. The van der Waals surface area contributed by atoms with Crippen LogP contribution in [0.1, 0.15) is 23.7 Å². The van der Waals surface area contributed by atoms with Gasteiger partial charge in [0.05, 0.1) is 18.0 Å². The maximum absolute atomic E-state index is 12.7. The number of nitrogens with zero attached hydrogens (tertiary/aromatic N) is 1. The SMILES string of the molecule is CCC1SCC(C(=O)O)N1C(=O)c1ccc(Cl)cc1OC. The van der Waals surface area contributed by atoms with Gasteiger partial charge >= 0.3 is 5.97 Å². The normalized spacial score (nSPS) is 21.4. The first-order valence-electron chi connectivity index (χ1n) is 6.50. The quantitative estimate of drug-likeness (QED) is 0.920. The predicted octanol–water partition coefficient (Wildman–Crippen LogP) is 2.73. The number of hydrogen-bond acceptors (Lipinski definition) is 4. The fourth-order valence-electron chi connectivity index (χ4n) is 2.32. The molecule has 1 aromatic rings. The van der Waals surface area contributed by atoms with E-state index in [4.69, 9.17) is 16.3 Å². The van der Waals surface area contributed by atoms with Crippen LogP contribution in [0.5, 0.6) is 5.75 Å². The van der Waals surface area contributed by atoms with E-state index >= 15 is 0 Å². The van der Waals surface area contributed by atoms with Crippen molar-refractivity contribution >= 4 is 35.2 Å². The lowest BCUT2D eigenvalue weighted by Gasteiger charge is -2.27. The van der Waals surface area contributed by atoms with E-state index in [1.54, 1.807) is 18.2 Å². The molecule has 0 aliphatic carbocycles. The largest absolute Gasteiger partial charge is 0.496 e. The Morgan fingerprint density at radius 2 is 2.24 bits per heavy atom. The standard InChI is InChI=1S/C14H16ClNO4S/c1-3-12-16(10(7-21-12)14(18)19)13(17)9-5-4-8(15)6-11(9)20-2/h4-6,10,12H,3,7H2,1-2H3,(H,18,19). The van der Waals surface area contributed by atoms with Gasteiger partial charge < -0.3 is 14.7 Å². The van der Waals surface area contributed by atoms with E-state index in [1.165, 1.54) is 23.8 Å². The summed E-state index contributed by atoms with van der Waals surface area (Å²) in [6, 6.07) is 3.90. The Bertz CT molecular complexity index is 566. The van der Waals surface area contributed by atoms with Crippen molar-refractivity contribution < 1.29 is 19.4 Å². The Labute approximate surface area is 132 Å². The van der Waals surface area contributed by atoms with E-state index in [0.29, 0.717) is 28.5 Å². The molecule has 1 heterocycles. The second kappa shape index (κ2) is 6.58. The second-order valence-corrected chi connectivity index (χ2v) is 6.25. The zero-order valence-corrected chi connectivity index (χ0v) is 13.3. The Morgan fingerprint density at radius 1 is 1.52 bits per heavy atom. The molecular formula is C14H16ClNO4S. The number of aliphatic carboxylic acids is 1. The van der Waals surface area contributed by atoms with Crippen LogP contribution in [0.2, 0.25) is 5.02 Å². The van der Waals surface area contributed by atoms with Crippen LogP contribution in [0.15, 0.2) is 18.2 Å². The van der Waals surface area contributed by atoms with E-state index in [9.17, 15) is 14.7 Å². The Kier molecular flexibility index (Phi) is 5.00. The number of benzene rings is 1. The average Bonchev–Trinajstić information content (AvgIpc) is 2.90. The summed E-state index contributed by atoms with van der Waals surface area (Å²) in [6.07, 6.45) is 0.691. The Balaban J connectivity index is 2.39. The van der Waals surface area contributed by atoms with Crippen LogP contribution in [0.4, 0.5) is 0 Å². The molecule has 1 aliphatic heterocycles. The lowest BCUT2D eigenvalue weighted by molar-refractivity contribution is -0.141. The molecule has 1 amide bonds. The molecule has 2 unspecified atom stereocenters. The number of rotatable bonds is 4. The summed E-state index contributed by atoms with van der Waals surface area (Å²) in [5.41, 5.74) is 0.328. The average molecular weight is 330 g/mol. The van der Waals surface area contributed by atoms with E-state index in [0.717, 1.165) is 0 Å². The lowest BCUT2D eigenvalue weighted by atomic mass is 10.1. The van der Waals surface area contributed by atoms with E-state index in [2.05, 4.69) is 0 Å². The van der Waals surface area contributed by atoms with Crippen molar-refractivity contribution in [2.45, 2.75) is 24.8 Å². The van der Waals surface area contributed by atoms with Gasteiger partial charge in [-0.25, -0.2) is 4.79 Å². The molecule has 1 aromatic carbocycles. The van der Waals surface area contributed by atoms with Crippen LogP contribution < -0.4 is 4.74 Å². The van der Waals surface area contributed by atoms with Crippen molar-refractivity contribution in [3.05, 3.63) is 28.8 Å². The molecule has 7 heteroatoms. The van der Waals surface area contributed by atoms with Gasteiger partial charge in [-0.3, -0.25) is 4.79 Å². The highest BCUT2D eigenvalue weighted by Gasteiger charge is 2.41. The molecule has 1 saturated heterocycles. The molecule has 2 rings (SSSR count). The second-order valence-electron chi connectivity index (χ2n) is 4.61. The molecule has 0 saturated carbocycles. The summed E-state index contributed by atoms with van der Waals surface area (Å²) in [7, 11) is 1.45. The first kappa shape index (κ1) is 16.0. The Morgan fingerprint density at radius 3 is 2.81 bits per heavy atom. The third kappa shape index (κ3) is 3.11. The molecule has 0 aromatic heterocycles. The number of methoxy groups -OCH3 is 1. The van der Waals surface area contributed by atoms with Crippen LogP contribution >= 0.6 is 23.4 Å². The third-order valence-corrected chi connectivity index (χ3v) is 5.04. The molecule has 1 N–H and O–H groups in total. The molecule has 2 atom stereocenters. The Hall–Kier alpha value is -1.40. The fraction of sp³-hybridized carbons (Fsp3) is 0.429. The van der Waals surface area contributed by atoms with Gasteiger partial charge in [0.25, 0.3) is 5.91 Å². The molecule has 0 radical (unpaired) electrons. The number of carbonyl (C=O) groups is 2. The summed E-state index contributed by atoms with van der Waals surface area (Å²) in [6.45, 7) is 1.93. The maximum Gasteiger partial charge on any atom is 0.327 e. The van der Waals surface area contributed by atoms with Crippen LogP contribution in [-0.4, -0.2) is 46.2 Å². The minimum absolute atomic E-state index is 0.140. The molecule has 0 bridgehead atoms. The number of amides is 1. The molecule has 5 nitrogen and oxygen atoms in total. The van der Waals surface area contributed by atoms with Crippen LogP contribution in [-0.2, 0) is 4.79 Å². The molecule has 1 fully saturated rings. The van der Waals surface area contributed by atoms with Gasteiger partial charge in [-0.2, -0.15) is 0 Å². The number of ether oxygens (including phenoxy) is 1. The molecular weight excluding hydrogens is 314 g/mol. The minimum Gasteiger partial charge on any atom is -0.496 e. The molecule has 0 spiro atoms. The van der Waals surface area contributed by atoms with Gasteiger partial charge in [0, 0.05) is 10.8 Å². The summed E-state index contributed by atoms with van der Waals surface area (Å²) < 4.78 is 5.19. The number of thioether (sulfide) groups is 1. The number of carboxylic acid groups (broad SMARTS) is 1. The van der Waals surface area contributed by atoms with Crippen LogP contribution in [0.3, 0.4) is 0 Å². The molecule has 1 aliphatic rings. The summed E-state index contributed by atoms with van der Waals surface area (Å²) >= 11 is 7.38. The highest BCUT2D eigenvalue weighted by Crippen LogP contribution is 2.34. The van der Waals surface area contributed by atoms with Crippen molar-refractivity contribution in [2.75, 3.05) is 12.9 Å². The van der Waals surface area contributed by atoms with E-state index in [-0.39, 0.29) is 11.3 Å². The monoisotopic (exact) mass is 329 g/mol. The highest BCUT2D eigenvalue weighted by atomic mass is 35.5. The zero-order valence-electron chi connectivity index (χ0n) is 11.7. The zero-order chi connectivity index (χ0) is 15.6. The van der Waals surface area contributed by atoms with E-state index < -0.39 is 12.0 Å².